The standard InChI is InChI=1S/C9H7N2OS/c1-6(12)10-9-11-7-4-2-3-5-8(7)13-9/h2-3,5H,1H3,(H,10,11,12). The topological polar surface area (TPSA) is 42.0 Å². The van der Waals surface area contributed by atoms with E-state index in [2.05, 4.69) is 16.4 Å². The molecule has 0 unspecified atom stereocenters. The molecule has 2 rings (SSSR count). The van der Waals surface area contributed by atoms with Crippen LogP contribution in [0.2, 0.25) is 0 Å². The maximum absolute atomic E-state index is 10.7. The fourth-order valence-electron chi connectivity index (χ4n) is 1.01. The molecule has 1 N–H and O–H groups in total. The summed E-state index contributed by atoms with van der Waals surface area (Å²) in [4.78, 5) is 14.9. The molecular formula is C9H7N2OS. The van der Waals surface area contributed by atoms with Crippen LogP contribution in [0.15, 0.2) is 18.2 Å². The van der Waals surface area contributed by atoms with Crippen molar-refractivity contribution in [2.24, 2.45) is 0 Å². The molecule has 0 spiro atoms. The average molecular weight is 191 g/mol. The van der Waals surface area contributed by atoms with Gasteiger partial charge in [-0.1, -0.05) is 23.5 Å². The maximum atomic E-state index is 10.7. The molecule has 0 aliphatic carbocycles. The molecule has 3 nitrogen and oxygen atoms in total. The minimum atomic E-state index is -0.0981. The van der Waals surface area contributed by atoms with Gasteiger partial charge < -0.3 is 5.32 Å². The van der Waals surface area contributed by atoms with Gasteiger partial charge in [0.05, 0.1) is 10.2 Å². The third kappa shape index (κ3) is 1.67. The lowest BCUT2D eigenvalue weighted by Crippen LogP contribution is -2.04. The molecule has 0 fully saturated rings. The van der Waals surface area contributed by atoms with Crippen molar-refractivity contribution in [3.63, 3.8) is 0 Å². The van der Waals surface area contributed by atoms with Crippen molar-refractivity contribution in [3.8, 4) is 0 Å². The van der Waals surface area contributed by atoms with Crippen molar-refractivity contribution >= 4 is 32.6 Å². The van der Waals surface area contributed by atoms with Gasteiger partial charge in [-0.05, 0) is 6.07 Å². The molecule has 0 bridgehead atoms. The number of carbonyl (C=O) groups is 1. The van der Waals surface area contributed by atoms with Crippen molar-refractivity contribution in [1.29, 1.82) is 0 Å². The zero-order chi connectivity index (χ0) is 9.26. The van der Waals surface area contributed by atoms with Crippen LogP contribution in [-0.4, -0.2) is 10.9 Å². The summed E-state index contributed by atoms with van der Waals surface area (Å²) in [6.07, 6.45) is 0. The van der Waals surface area contributed by atoms with Gasteiger partial charge >= 0.3 is 0 Å². The zero-order valence-electron chi connectivity index (χ0n) is 7.00. The average Bonchev–Trinajstić information content (AvgIpc) is 2.44. The Bertz CT molecular complexity index is 417. The van der Waals surface area contributed by atoms with Crippen molar-refractivity contribution in [2.75, 3.05) is 5.32 Å². The Balaban J connectivity index is 2.44. The van der Waals surface area contributed by atoms with E-state index < -0.39 is 0 Å². The number of nitrogens with one attached hydrogen (secondary N) is 1. The lowest BCUT2D eigenvalue weighted by molar-refractivity contribution is -0.114. The largest absolute Gasteiger partial charge is 0.302 e. The summed E-state index contributed by atoms with van der Waals surface area (Å²) in [7, 11) is 0. The van der Waals surface area contributed by atoms with Crippen LogP contribution < -0.4 is 5.32 Å². The molecule has 2 aromatic rings. The van der Waals surface area contributed by atoms with Gasteiger partial charge in [0, 0.05) is 13.0 Å². The first kappa shape index (κ1) is 8.19. The summed E-state index contributed by atoms with van der Waals surface area (Å²) in [5.41, 5.74) is 0.802. The molecule has 65 valence electrons. The first-order valence-electron chi connectivity index (χ1n) is 3.80. The summed E-state index contributed by atoms with van der Waals surface area (Å²) >= 11 is 1.45. The molecule has 0 saturated heterocycles. The Morgan fingerprint density at radius 2 is 2.54 bits per heavy atom. The van der Waals surface area contributed by atoms with E-state index >= 15 is 0 Å². The lowest BCUT2D eigenvalue weighted by atomic mass is 10.3. The van der Waals surface area contributed by atoms with E-state index in [1.807, 2.05) is 12.1 Å². The Morgan fingerprint density at radius 1 is 1.69 bits per heavy atom. The van der Waals surface area contributed by atoms with Gasteiger partial charge in [0.15, 0.2) is 5.13 Å². The molecule has 1 amide bonds. The normalized spacial score (nSPS) is 10.2. The Hall–Kier alpha value is -1.42. The van der Waals surface area contributed by atoms with E-state index in [1.54, 1.807) is 6.07 Å². The summed E-state index contributed by atoms with van der Waals surface area (Å²) in [5.74, 6) is -0.0981. The molecule has 1 aromatic heterocycles. The molecule has 0 saturated carbocycles. The van der Waals surface area contributed by atoms with Crippen LogP contribution in [-0.2, 0) is 4.79 Å². The number of thiazole rings is 1. The van der Waals surface area contributed by atoms with Gasteiger partial charge in [-0.3, -0.25) is 4.79 Å². The molecule has 0 aliphatic heterocycles. The lowest BCUT2D eigenvalue weighted by Gasteiger charge is -1.91. The van der Waals surface area contributed by atoms with Gasteiger partial charge in [0.2, 0.25) is 5.91 Å². The van der Waals surface area contributed by atoms with E-state index in [9.17, 15) is 4.79 Å². The van der Waals surface area contributed by atoms with Crippen LogP contribution in [0.5, 0.6) is 0 Å². The highest BCUT2D eigenvalue weighted by Crippen LogP contribution is 2.24. The number of hydrogen-bond acceptors (Lipinski definition) is 3. The van der Waals surface area contributed by atoms with Crippen molar-refractivity contribution in [1.82, 2.24) is 4.98 Å². The van der Waals surface area contributed by atoms with Crippen LogP contribution in [0.4, 0.5) is 5.13 Å². The number of aromatic nitrogens is 1. The number of fused-ring (bicyclic) bond motifs is 1. The number of hydrogen-bond donors (Lipinski definition) is 1. The van der Waals surface area contributed by atoms with Crippen LogP contribution in [0.25, 0.3) is 10.2 Å². The quantitative estimate of drug-likeness (QED) is 0.749. The summed E-state index contributed by atoms with van der Waals surface area (Å²) in [6.45, 7) is 1.47. The molecule has 1 heterocycles. The molecule has 1 aromatic carbocycles. The smallest absolute Gasteiger partial charge is 0.223 e. The fraction of sp³-hybridized carbons (Fsp3) is 0.111. The summed E-state index contributed by atoms with van der Waals surface area (Å²) in [5, 5.41) is 3.27. The highest BCUT2D eigenvalue weighted by molar-refractivity contribution is 7.22. The Labute approximate surface area is 79.4 Å². The van der Waals surface area contributed by atoms with Crippen LogP contribution in [0.3, 0.4) is 0 Å². The third-order valence-electron chi connectivity index (χ3n) is 1.50. The number of amides is 1. The predicted octanol–water partition coefficient (Wildman–Crippen LogP) is 2.05. The second-order valence-corrected chi connectivity index (χ2v) is 3.61. The van der Waals surface area contributed by atoms with Gasteiger partial charge in [0.1, 0.15) is 0 Å². The monoisotopic (exact) mass is 191 g/mol. The molecule has 13 heavy (non-hydrogen) atoms. The number of para-hydroxylation sites is 1. The number of nitrogens with zero attached hydrogens (tertiary/aromatic N) is 1. The molecular weight excluding hydrogens is 184 g/mol. The van der Waals surface area contributed by atoms with Crippen molar-refractivity contribution in [2.45, 2.75) is 6.92 Å². The number of anilines is 1. The van der Waals surface area contributed by atoms with E-state index in [0.29, 0.717) is 5.13 Å². The van der Waals surface area contributed by atoms with Crippen molar-refractivity contribution in [3.05, 3.63) is 24.3 Å². The van der Waals surface area contributed by atoms with Crippen molar-refractivity contribution < 1.29 is 4.79 Å². The summed E-state index contributed by atoms with van der Waals surface area (Å²) < 4.78 is 1.03. The van der Waals surface area contributed by atoms with E-state index in [-0.39, 0.29) is 5.91 Å². The minimum absolute atomic E-state index is 0.0981. The number of carbonyl (C=O) groups excluding carboxylic acids is 1. The first-order valence-corrected chi connectivity index (χ1v) is 4.62. The van der Waals surface area contributed by atoms with Gasteiger partial charge in [-0.25, -0.2) is 4.98 Å². The van der Waals surface area contributed by atoms with Crippen LogP contribution in [0.1, 0.15) is 6.92 Å². The molecule has 0 atom stereocenters. The van der Waals surface area contributed by atoms with E-state index in [4.69, 9.17) is 0 Å². The SMILES string of the molecule is CC(=O)Nc1nc2[c]cccc2s1. The van der Waals surface area contributed by atoms with Gasteiger partial charge in [0.25, 0.3) is 0 Å². The highest BCUT2D eigenvalue weighted by atomic mass is 32.1. The third-order valence-corrected chi connectivity index (χ3v) is 2.44. The zero-order valence-corrected chi connectivity index (χ0v) is 7.81. The van der Waals surface area contributed by atoms with Crippen LogP contribution >= 0.6 is 11.3 Å². The Morgan fingerprint density at radius 3 is 3.23 bits per heavy atom. The number of benzene rings is 1. The second-order valence-electron chi connectivity index (χ2n) is 2.58. The Kier molecular flexibility index (Phi) is 1.98. The fourth-order valence-corrected chi connectivity index (χ4v) is 1.90. The molecule has 4 heteroatoms. The molecule has 0 aliphatic rings. The highest BCUT2D eigenvalue weighted by Gasteiger charge is 2.03. The van der Waals surface area contributed by atoms with E-state index in [0.717, 1.165) is 10.2 Å². The second kappa shape index (κ2) is 3.14. The maximum Gasteiger partial charge on any atom is 0.223 e. The number of rotatable bonds is 1. The van der Waals surface area contributed by atoms with Crippen LogP contribution in [0, 0.1) is 6.07 Å². The van der Waals surface area contributed by atoms with E-state index in [1.165, 1.54) is 18.3 Å². The van der Waals surface area contributed by atoms with Gasteiger partial charge in [-0.2, -0.15) is 0 Å². The van der Waals surface area contributed by atoms with Gasteiger partial charge in [-0.15, -0.1) is 0 Å². The molecule has 1 radical (unpaired) electrons. The minimum Gasteiger partial charge on any atom is -0.302 e. The first-order chi connectivity index (χ1) is 6.25. The summed E-state index contributed by atoms with van der Waals surface area (Å²) in [6, 6.07) is 8.65. The predicted molar refractivity (Wildman–Crippen MR) is 52.8 cm³/mol.